The summed E-state index contributed by atoms with van der Waals surface area (Å²) in [7, 11) is 0. The summed E-state index contributed by atoms with van der Waals surface area (Å²) < 4.78 is 1.24. The second-order valence-corrected chi connectivity index (χ2v) is 2.20. The number of hydrogen-bond acceptors (Lipinski definition) is 4. The van der Waals surface area contributed by atoms with Crippen molar-refractivity contribution >= 4 is 24.2 Å². The maximum absolute atomic E-state index is 10.4. The first-order valence-electron chi connectivity index (χ1n) is 3.32. The summed E-state index contributed by atoms with van der Waals surface area (Å²) in [6, 6.07) is 0. The Kier molecular flexibility index (Phi) is 4.22. The standard InChI is InChI=1S/C6H9N3O3.ClH/c7-5-4(6(11)12)3-8-9(5)1-2-10;/h3,10H,1-2,7H2,(H,11,12);1H. The SMILES string of the molecule is Cl.Nc1c(C(=O)O)cnn1CCO. The quantitative estimate of drug-likeness (QED) is 0.625. The van der Waals surface area contributed by atoms with E-state index in [1.165, 1.54) is 4.68 Å². The average molecular weight is 208 g/mol. The van der Waals surface area contributed by atoms with Crippen molar-refractivity contribution in [1.29, 1.82) is 0 Å². The van der Waals surface area contributed by atoms with Gasteiger partial charge in [-0.2, -0.15) is 5.10 Å². The summed E-state index contributed by atoms with van der Waals surface area (Å²) in [5.74, 6) is -1.05. The van der Waals surface area contributed by atoms with Crippen molar-refractivity contribution in [2.45, 2.75) is 6.54 Å². The van der Waals surface area contributed by atoms with Crippen LogP contribution in [0.15, 0.2) is 6.20 Å². The molecule has 0 bridgehead atoms. The molecule has 74 valence electrons. The van der Waals surface area contributed by atoms with Gasteiger partial charge in [0.05, 0.1) is 19.3 Å². The molecule has 0 saturated heterocycles. The van der Waals surface area contributed by atoms with Crippen molar-refractivity contribution in [2.75, 3.05) is 12.3 Å². The second kappa shape index (κ2) is 4.68. The highest BCUT2D eigenvalue weighted by Gasteiger charge is 2.12. The number of hydrogen-bond donors (Lipinski definition) is 3. The highest BCUT2D eigenvalue weighted by atomic mass is 35.5. The minimum atomic E-state index is -1.11. The monoisotopic (exact) mass is 207 g/mol. The molecule has 0 radical (unpaired) electrons. The Bertz CT molecular complexity index is 299. The molecule has 0 saturated carbocycles. The molecule has 0 unspecified atom stereocenters. The molecular weight excluding hydrogens is 198 g/mol. The summed E-state index contributed by atoms with van der Waals surface area (Å²) in [6.07, 6.45) is 1.16. The molecule has 1 aromatic rings. The van der Waals surface area contributed by atoms with E-state index in [4.69, 9.17) is 15.9 Å². The second-order valence-electron chi connectivity index (χ2n) is 2.20. The van der Waals surface area contributed by atoms with Gasteiger partial charge in [0.15, 0.2) is 0 Å². The summed E-state index contributed by atoms with van der Waals surface area (Å²) in [4.78, 5) is 10.4. The van der Waals surface area contributed by atoms with E-state index in [0.29, 0.717) is 0 Å². The predicted octanol–water partition coefficient (Wildman–Crippen LogP) is -0.422. The highest BCUT2D eigenvalue weighted by molar-refractivity contribution is 5.92. The van der Waals surface area contributed by atoms with E-state index in [0.717, 1.165) is 6.20 Å². The molecule has 4 N–H and O–H groups in total. The van der Waals surface area contributed by atoms with E-state index in [-0.39, 0.29) is 36.9 Å². The van der Waals surface area contributed by atoms with Gasteiger partial charge in [0.1, 0.15) is 11.4 Å². The van der Waals surface area contributed by atoms with Crippen LogP contribution in [-0.2, 0) is 6.54 Å². The van der Waals surface area contributed by atoms with Gasteiger partial charge in [0.25, 0.3) is 0 Å². The Morgan fingerprint density at radius 3 is 2.69 bits per heavy atom. The van der Waals surface area contributed by atoms with Crippen LogP contribution >= 0.6 is 12.4 Å². The molecule has 0 aliphatic carbocycles. The first kappa shape index (κ1) is 11.7. The smallest absolute Gasteiger partial charge is 0.341 e. The third-order valence-corrected chi connectivity index (χ3v) is 1.42. The van der Waals surface area contributed by atoms with E-state index in [1.807, 2.05) is 0 Å². The molecule has 1 rings (SSSR count). The van der Waals surface area contributed by atoms with E-state index < -0.39 is 5.97 Å². The molecule has 0 aliphatic heterocycles. The zero-order valence-corrected chi connectivity index (χ0v) is 7.49. The highest BCUT2D eigenvalue weighted by Crippen LogP contribution is 2.09. The van der Waals surface area contributed by atoms with Gasteiger partial charge in [-0.05, 0) is 0 Å². The molecule has 0 amide bonds. The van der Waals surface area contributed by atoms with Crippen molar-refractivity contribution in [1.82, 2.24) is 9.78 Å². The topological polar surface area (TPSA) is 101 Å². The van der Waals surface area contributed by atoms with Crippen LogP contribution in [-0.4, -0.2) is 32.6 Å². The molecule has 1 heterocycles. The van der Waals surface area contributed by atoms with Crippen molar-refractivity contribution in [2.24, 2.45) is 0 Å². The van der Waals surface area contributed by atoms with Gasteiger partial charge in [-0.1, -0.05) is 0 Å². The molecule has 6 nitrogen and oxygen atoms in total. The summed E-state index contributed by atoms with van der Waals surface area (Å²) in [5, 5.41) is 20.8. The lowest BCUT2D eigenvalue weighted by molar-refractivity contribution is 0.0698. The molecule has 0 aromatic carbocycles. The normalized spacial score (nSPS) is 9.31. The molecule has 0 spiro atoms. The fraction of sp³-hybridized carbons (Fsp3) is 0.333. The van der Waals surface area contributed by atoms with Crippen LogP contribution in [0.1, 0.15) is 10.4 Å². The molecule has 13 heavy (non-hydrogen) atoms. The maximum Gasteiger partial charge on any atom is 0.341 e. The average Bonchev–Trinajstić information content (AvgIpc) is 2.34. The zero-order chi connectivity index (χ0) is 9.14. The summed E-state index contributed by atoms with van der Waals surface area (Å²) in [6.45, 7) is 0.0874. The lowest BCUT2D eigenvalue weighted by Crippen LogP contribution is -2.09. The first-order chi connectivity index (χ1) is 5.66. The third-order valence-electron chi connectivity index (χ3n) is 1.42. The lowest BCUT2D eigenvalue weighted by Gasteiger charge is -1.99. The number of nitrogen functional groups attached to an aromatic ring is 1. The Morgan fingerprint density at radius 1 is 1.69 bits per heavy atom. The van der Waals surface area contributed by atoms with Crippen molar-refractivity contribution < 1.29 is 15.0 Å². The maximum atomic E-state index is 10.4. The van der Waals surface area contributed by atoms with Crippen LogP contribution in [0.2, 0.25) is 0 Å². The van der Waals surface area contributed by atoms with Crippen LogP contribution in [0.5, 0.6) is 0 Å². The van der Waals surface area contributed by atoms with Crippen molar-refractivity contribution in [3.63, 3.8) is 0 Å². The predicted molar refractivity (Wildman–Crippen MR) is 47.9 cm³/mol. The number of rotatable bonds is 3. The van der Waals surface area contributed by atoms with Crippen LogP contribution < -0.4 is 5.73 Å². The fourth-order valence-electron chi connectivity index (χ4n) is 0.832. The van der Waals surface area contributed by atoms with Crippen molar-refractivity contribution in [3.05, 3.63) is 11.8 Å². The Balaban J connectivity index is 0.00000144. The van der Waals surface area contributed by atoms with Crippen LogP contribution in [0.3, 0.4) is 0 Å². The number of aliphatic hydroxyl groups excluding tert-OH is 1. The van der Waals surface area contributed by atoms with Gasteiger partial charge < -0.3 is 15.9 Å². The Morgan fingerprint density at radius 2 is 2.31 bits per heavy atom. The molecule has 0 aliphatic rings. The Labute approximate surface area is 80.4 Å². The van der Waals surface area contributed by atoms with E-state index in [2.05, 4.69) is 5.10 Å². The number of anilines is 1. The number of carboxylic acid groups (broad SMARTS) is 1. The lowest BCUT2D eigenvalue weighted by atomic mass is 10.3. The van der Waals surface area contributed by atoms with E-state index >= 15 is 0 Å². The number of aromatic nitrogens is 2. The summed E-state index contributed by atoms with van der Waals surface area (Å²) >= 11 is 0. The zero-order valence-electron chi connectivity index (χ0n) is 6.67. The molecule has 0 atom stereocenters. The van der Waals surface area contributed by atoms with Crippen LogP contribution in [0.4, 0.5) is 5.82 Å². The van der Waals surface area contributed by atoms with E-state index in [1.54, 1.807) is 0 Å². The van der Waals surface area contributed by atoms with Gasteiger partial charge in [-0.25, -0.2) is 9.48 Å². The first-order valence-corrected chi connectivity index (χ1v) is 3.32. The van der Waals surface area contributed by atoms with Gasteiger partial charge in [0.2, 0.25) is 0 Å². The van der Waals surface area contributed by atoms with Crippen molar-refractivity contribution in [3.8, 4) is 0 Å². The molecule has 7 heteroatoms. The minimum absolute atomic E-state index is 0. The summed E-state index contributed by atoms with van der Waals surface area (Å²) in [5.41, 5.74) is 5.36. The number of halogens is 1. The number of carboxylic acids is 1. The molecule has 1 aromatic heterocycles. The number of aromatic carboxylic acids is 1. The van der Waals surface area contributed by atoms with Gasteiger partial charge in [-0.3, -0.25) is 0 Å². The number of carbonyl (C=O) groups is 1. The number of nitrogens with zero attached hydrogens (tertiary/aromatic N) is 2. The Hall–Kier alpha value is -1.27. The number of nitrogens with two attached hydrogens (primary N) is 1. The third kappa shape index (κ3) is 2.33. The number of aliphatic hydroxyl groups is 1. The van der Waals surface area contributed by atoms with Gasteiger partial charge in [0, 0.05) is 0 Å². The van der Waals surface area contributed by atoms with Gasteiger partial charge >= 0.3 is 5.97 Å². The minimum Gasteiger partial charge on any atom is -0.477 e. The van der Waals surface area contributed by atoms with Crippen LogP contribution in [0, 0.1) is 0 Å². The molecule has 0 fully saturated rings. The van der Waals surface area contributed by atoms with Crippen LogP contribution in [0.25, 0.3) is 0 Å². The molecular formula is C6H10ClN3O3. The van der Waals surface area contributed by atoms with E-state index in [9.17, 15) is 4.79 Å². The van der Waals surface area contributed by atoms with Gasteiger partial charge in [-0.15, -0.1) is 12.4 Å². The fourth-order valence-corrected chi connectivity index (χ4v) is 0.832. The largest absolute Gasteiger partial charge is 0.477 e.